The van der Waals surface area contributed by atoms with Crippen LogP contribution in [0.2, 0.25) is 0 Å². The third-order valence-corrected chi connectivity index (χ3v) is 2.40. The number of esters is 1. The van der Waals surface area contributed by atoms with Crippen molar-refractivity contribution in [1.29, 1.82) is 5.26 Å². The fraction of sp³-hybridized carbons (Fsp3) is 0.375. The Morgan fingerprint density at radius 1 is 1.77 bits per heavy atom. The van der Waals surface area contributed by atoms with E-state index >= 15 is 0 Å². The Morgan fingerprint density at radius 2 is 2.46 bits per heavy atom. The summed E-state index contributed by atoms with van der Waals surface area (Å²) in [5.41, 5.74) is 0.556. The van der Waals surface area contributed by atoms with Crippen molar-refractivity contribution in [3.05, 3.63) is 15.6 Å². The fourth-order valence-corrected chi connectivity index (χ4v) is 1.59. The molecule has 0 aliphatic carbocycles. The number of carbonyl (C=O) groups is 1. The van der Waals surface area contributed by atoms with Crippen molar-refractivity contribution in [3.63, 3.8) is 0 Å². The average Bonchev–Trinajstić information content (AvgIpc) is 2.47. The molecule has 0 aliphatic heterocycles. The first kappa shape index (κ1) is 9.68. The molecule has 1 aromatic heterocycles. The smallest absolute Gasteiger partial charge is 0.350 e. The molecule has 0 radical (unpaired) electrons. The van der Waals surface area contributed by atoms with E-state index in [-0.39, 0.29) is 0 Å². The molecule has 0 aliphatic rings. The quantitative estimate of drug-likeness (QED) is 0.672. The molecule has 1 rings (SSSR count). The largest absolute Gasteiger partial charge is 0.462 e. The number of nitriles is 1. The molecule has 5 heteroatoms. The van der Waals surface area contributed by atoms with E-state index in [1.165, 1.54) is 0 Å². The van der Waals surface area contributed by atoms with Crippen molar-refractivity contribution in [2.45, 2.75) is 13.8 Å². The van der Waals surface area contributed by atoms with Gasteiger partial charge in [-0.05, 0) is 13.8 Å². The van der Waals surface area contributed by atoms with Gasteiger partial charge in [0.1, 0.15) is 10.9 Å². The Morgan fingerprint density at radius 3 is 2.92 bits per heavy atom. The Labute approximate surface area is 79.8 Å². The molecule has 13 heavy (non-hydrogen) atoms. The second-order valence-corrected chi connectivity index (χ2v) is 3.26. The Balaban J connectivity index is 2.95. The number of hydrogen-bond donors (Lipinski definition) is 0. The van der Waals surface area contributed by atoms with E-state index in [1.807, 2.05) is 6.07 Å². The van der Waals surface area contributed by atoms with Crippen LogP contribution in [0.4, 0.5) is 0 Å². The van der Waals surface area contributed by atoms with Gasteiger partial charge in [0.05, 0.1) is 12.3 Å². The van der Waals surface area contributed by atoms with E-state index in [0.717, 1.165) is 11.3 Å². The van der Waals surface area contributed by atoms with Crippen LogP contribution in [0.5, 0.6) is 0 Å². The van der Waals surface area contributed by atoms with Gasteiger partial charge in [0.2, 0.25) is 0 Å². The number of aryl methyl sites for hydroxylation is 1. The lowest BCUT2D eigenvalue weighted by atomic mass is 10.4. The molecule has 4 nitrogen and oxygen atoms in total. The van der Waals surface area contributed by atoms with Gasteiger partial charge in [-0.3, -0.25) is 0 Å². The average molecular weight is 196 g/mol. The molecule has 0 saturated carbocycles. The lowest BCUT2D eigenvalue weighted by Gasteiger charge is -1.97. The predicted molar refractivity (Wildman–Crippen MR) is 47.5 cm³/mol. The van der Waals surface area contributed by atoms with Crippen molar-refractivity contribution in [3.8, 4) is 6.07 Å². The normalized spacial score (nSPS) is 9.31. The highest BCUT2D eigenvalue weighted by molar-refractivity contribution is 7.14. The van der Waals surface area contributed by atoms with Gasteiger partial charge >= 0.3 is 5.97 Å². The summed E-state index contributed by atoms with van der Waals surface area (Å²) in [6.07, 6.45) is 0. The maximum atomic E-state index is 11.2. The van der Waals surface area contributed by atoms with E-state index in [9.17, 15) is 4.79 Å². The second kappa shape index (κ2) is 4.01. The molecule has 68 valence electrons. The van der Waals surface area contributed by atoms with Crippen LogP contribution < -0.4 is 0 Å². The van der Waals surface area contributed by atoms with Gasteiger partial charge in [-0.15, -0.1) is 0 Å². The van der Waals surface area contributed by atoms with Crippen molar-refractivity contribution < 1.29 is 9.53 Å². The topological polar surface area (TPSA) is 63.0 Å². The van der Waals surface area contributed by atoms with Crippen molar-refractivity contribution in [2.24, 2.45) is 0 Å². The SMILES string of the molecule is CCOC(=O)c1sc(C#N)nc1C. The molecule has 0 bridgehead atoms. The summed E-state index contributed by atoms with van der Waals surface area (Å²) < 4.78 is 4.79. The second-order valence-electron chi connectivity index (χ2n) is 2.27. The summed E-state index contributed by atoms with van der Waals surface area (Å²) in [4.78, 5) is 15.5. The van der Waals surface area contributed by atoms with E-state index in [4.69, 9.17) is 10.00 Å². The molecular formula is C8H8N2O2S. The number of rotatable bonds is 2. The van der Waals surface area contributed by atoms with Crippen molar-refractivity contribution in [2.75, 3.05) is 6.61 Å². The number of carbonyl (C=O) groups excluding carboxylic acids is 1. The number of aromatic nitrogens is 1. The minimum Gasteiger partial charge on any atom is -0.462 e. The maximum absolute atomic E-state index is 11.2. The lowest BCUT2D eigenvalue weighted by Crippen LogP contribution is -2.03. The third kappa shape index (κ3) is 2.04. The highest BCUT2D eigenvalue weighted by Crippen LogP contribution is 2.17. The van der Waals surface area contributed by atoms with Crippen LogP contribution in [0.15, 0.2) is 0 Å². The van der Waals surface area contributed by atoms with Crippen LogP contribution in [0.3, 0.4) is 0 Å². The minimum absolute atomic E-state index is 0.292. The van der Waals surface area contributed by atoms with Gasteiger partial charge in [0, 0.05) is 0 Å². The van der Waals surface area contributed by atoms with Gasteiger partial charge in [-0.2, -0.15) is 5.26 Å². The molecule has 0 saturated heterocycles. The van der Waals surface area contributed by atoms with Gasteiger partial charge in [0.15, 0.2) is 5.01 Å². The van der Waals surface area contributed by atoms with Gasteiger partial charge in [0.25, 0.3) is 0 Å². The summed E-state index contributed by atoms with van der Waals surface area (Å²) in [6.45, 7) is 3.75. The number of hydrogen-bond acceptors (Lipinski definition) is 5. The molecule has 0 spiro atoms. The molecule has 1 heterocycles. The van der Waals surface area contributed by atoms with Crippen LogP contribution in [-0.4, -0.2) is 17.6 Å². The van der Waals surface area contributed by atoms with Crippen molar-refractivity contribution >= 4 is 17.3 Å². The zero-order valence-electron chi connectivity index (χ0n) is 7.33. The Hall–Kier alpha value is -1.41. The predicted octanol–water partition coefficient (Wildman–Crippen LogP) is 1.50. The molecule has 0 unspecified atom stereocenters. The van der Waals surface area contributed by atoms with Crippen LogP contribution in [0.1, 0.15) is 27.3 Å². The van der Waals surface area contributed by atoms with Crippen LogP contribution in [0.25, 0.3) is 0 Å². The molecule has 0 N–H and O–H groups in total. The first-order valence-corrected chi connectivity index (χ1v) is 4.55. The summed E-state index contributed by atoms with van der Waals surface area (Å²) in [7, 11) is 0. The summed E-state index contributed by atoms with van der Waals surface area (Å²) in [5.74, 6) is -0.404. The van der Waals surface area contributed by atoms with Crippen LogP contribution in [0, 0.1) is 18.3 Å². The summed E-state index contributed by atoms with van der Waals surface area (Å²) in [6, 6.07) is 1.88. The van der Waals surface area contributed by atoms with E-state index in [1.54, 1.807) is 13.8 Å². The first-order chi connectivity index (χ1) is 6.19. The number of nitrogens with zero attached hydrogens (tertiary/aromatic N) is 2. The zero-order valence-corrected chi connectivity index (χ0v) is 8.14. The van der Waals surface area contributed by atoms with Gasteiger partial charge in [-0.1, -0.05) is 11.3 Å². The van der Waals surface area contributed by atoms with E-state index in [0.29, 0.717) is 22.2 Å². The Bertz CT molecular complexity index is 365. The standard InChI is InChI=1S/C8H8N2O2S/c1-3-12-8(11)7-5(2)10-6(4-9)13-7/h3H2,1-2H3. The molecule has 0 atom stereocenters. The minimum atomic E-state index is -0.404. The number of ether oxygens (including phenoxy) is 1. The lowest BCUT2D eigenvalue weighted by molar-refractivity contribution is 0.0531. The highest BCUT2D eigenvalue weighted by Gasteiger charge is 2.15. The zero-order chi connectivity index (χ0) is 9.84. The molecule has 0 amide bonds. The molecular weight excluding hydrogens is 188 g/mol. The molecule has 0 fully saturated rings. The summed E-state index contributed by atoms with van der Waals surface area (Å²) in [5, 5.41) is 8.83. The van der Waals surface area contributed by atoms with E-state index in [2.05, 4.69) is 4.98 Å². The van der Waals surface area contributed by atoms with E-state index < -0.39 is 5.97 Å². The van der Waals surface area contributed by atoms with Gasteiger partial charge < -0.3 is 4.74 Å². The van der Waals surface area contributed by atoms with Gasteiger partial charge in [-0.25, -0.2) is 9.78 Å². The molecule has 0 aromatic carbocycles. The monoisotopic (exact) mass is 196 g/mol. The first-order valence-electron chi connectivity index (χ1n) is 3.73. The third-order valence-electron chi connectivity index (χ3n) is 1.35. The fourth-order valence-electron chi connectivity index (χ4n) is 0.830. The highest BCUT2D eigenvalue weighted by atomic mass is 32.1. The molecule has 1 aromatic rings. The van der Waals surface area contributed by atoms with Crippen LogP contribution in [-0.2, 0) is 4.74 Å². The van der Waals surface area contributed by atoms with Crippen molar-refractivity contribution in [1.82, 2.24) is 4.98 Å². The van der Waals surface area contributed by atoms with Crippen LogP contribution >= 0.6 is 11.3 Å². The number of thiazole rings is 1. The Kier molecular flexibility index (Phi) is 2.98. The maximum Gasteiger partial charge on any atom is 0.350 e. The summed E-state index contributed by atoms with van der Waals surface area (Å²) >= 11 is 1.06.